The maximum Gasteiger partial charge on any atom is 0.339 e. The summed E-state index contributed by atoms with van der Waals surface area (Å²) < 4.78 is 10.5. The lowest BCUT2D eigenvalue weighted by Crippen LogP contribution is -2.29. The molecule has 1 aliphatic rings. The van der Waals surface area contributed by atoms with Gasteiger partial charge < -0.3 is 14.2 Å². The number of amides is 1. The Bertz CT molecular complexity index is 777. The molecule has 1 amide bonds. The SMILES string of the molecule is Cc1noc(C)c1COC(=O)c1ccccc1SCC(=O)N1CCCC1. The quantitative estimate of drug-likeness (QED) is 0.570. The summed E-state index contributed by atoms with van der Waals surface area (Å²) in [6.07, 6.45) is 2.14. The zero-order chi connectivity index (χ0) is 18.5. The summed E-state index contributed by atoms with van der Waals surface area (Å²) in [5.74, 6) is 0.677. The fourth-order valence-corrected chi connectivity index (χ4v) is 3.83. The standard InChI is InChI=1S/C19H22N2O4S/c1-13-16(14(2)25-20-13)11-24-19(23)15-7-3-4-8-17(15)26-12-18(22)21-9-5-6-10-21/h3-4,7-8H,5-6,9-12H2,1-2H3. The minimum Gasteiger partial charge on any atom is -0.457 e. The summed E-state index contributed by atoms with van der Waals surface area (Å²) in [6, 6.07) is 7.21. The Kier molecular flexibility index (Phi) is 5.98. The molecule has 2 heterocycles. The third-order valence-corrected chi connectivity index (χ3v) is 5.50. The van der Waals surface area contributed by atoms with E-state index in [9.17, 15) is 9.59 Å². The van der Waals surface area contributed by atoms with E-state index in [2.05, 4.69) is 5.16 Å². The number of carbonyl (C=O) groups excluding carboxylic acids is 2. The van der Waals surface area contributed by atoms with Crippen molar-refractivity contribution in [1.82, 2.24) is 10.1 Å². The lowest BCUT2D eigenvalue weighted by molar-refractivity contribution is -0.127. The van der Waals surface area contributed by atoms with Crippen molar-refractivity contribution in [2.24, 2.45) is 0 Å². The van der Waals surface area contributed by atoms with Gasteiger partial charge in [-0.25, -0.2) is 4.79 Å². The average molecular weight is 374 g/mol. The van der Waals surface area contributed by atoms with Crippen LogP contribution in [0.4, 0.5) is 0 Å². The third kappa shape index (κ3) is 4.27. The van der Waals surface area contributed by atoms with Gasteiger partial charge in [0.2, 0.25) is 5.91 Å². The van der Waals surface area contributed by atoms with Gasteiger partial charge in [0.15, 0.2) is 0 Å². The molecule has 1 fully saturated rings. The monoisotopic (exact) mass is 374 g/mol. The van der Waals surface area contributed by atoms with Crippen LogP contribution in [0.3, 0.4) is 0 Å². The van der Waals surface area contributed by atoms with Crippen molar-refractivity contribution in [3.05, 3.63) is 46.8 Å². The molecule has 1 aliphatic heterocycles. The van der Waals surface area contributed by atoms with Gasteiger partial charge in [-0.2, -0.15) is 0 Å². The smallest absolute Gasteiger partial charge is 0.339 e. The van der Waals surface area contributed by atoms with Gasteiger partial charge in [0.1, 0.15) is 12.4 Å². The van der Waals surface area contributed by atoms with E-state index in [1.54, 1.807) is 19.1 Å². The molecule has 138 valence electrons. The fraction of sp³-hybridized carbons (Fsp3) is 0.421. The lowest BCUT2D eigenvalue weighted by Gasteiger charge is -2.15. The van der Waals surface area contributed by atoms with Crippen LogP contribution >= 0.6 is 11.8 Å². The van der Waals surface area contributed by atoms with Gasteiger partial charge >= 0.3 is 5.97 Å². The fourth-order valence-electron chi connectivity index (χ4n) is 2.88. The number of carbonyl (C=O) groups is 2. The summed E-state index contributed by atoms with van der Waals surface area (Å²) in [5, 5.41) is 3.86. The van der Waals surface area contributed by atoms with Crippen LogP contribution in [0.2, 0.25) is 0 Å². The zero-order valence-corrected chi connectivity index (χ0v) is 15.8. The molecule has 0 N–H and O–H groups in total. The number of ether oxygens (including phenoxy) is 1. The molecule has 0 saturated carbocycles. The number of rotatable bonds is 6. The number of likely N-dealkylation sites (tertiary alicyclic amines) is 1. The molecule has 0 bridgehead atoms. The van der Waals surface area contributed by atoms with Crippen LogP contribution in [-0.4, -0.2) is 40.8 Å². The summed E-state index contributed by atoms with van der Waals surface area (Å²) in [6.45, 7) is 5.39. The first kappa shape index (κ1) is 18.5. The van der Waals surface area contributed by atoms with E-state index >= 15 is 0 Å². The van der Waals surface area contributed by atoms with Gasteiger partial charge in [-0.05, 0) is 38.8 Å². The summed E-state index contributed by atoms with van der Waals surface area (Å²) in [7, 11) is 0. The van der Waals surface area contributed by atoms with Gasteiger partial charge in [-0.1, -0.05) is 17.3 Å². The number of aryl methyl sites for hydroxylation is 2. The highest BCUT2D eigenvalue weighted by Gasteiger charge is 2.20. The molecule has 0 radical (unpaired) electrons. The topological polar surface area (TPSA) is 72.6 Å². The number of benzene rings is 1. The molecule has 6 nitrogen and oxygen atoms in total. The molecule has 2 aromatic rings. The van der Waals surface area contributed by atoms with Crippen molar-refractivity contribution in [1.29, 1.82) is 0 Å². The van der Waals surface area contributed by atoms with Crippen molar-refractivity contribution in [3.8, 4) is 0 Å². The highest BCUT2D eigenvalue weighted by atomic mass is 32.2. The predicted octanol–water partition coefficient (Wildman–Crippen LogP) is 3.36. The second-order valence-electron chi connectivity index (χ2n) is 6.25. The van der Waals surface area contributed by atoms with E-state index in [1.807, 2.05) is 24.0 Å². The van der Waals surface area contributed by atoms with E-state index in [4.69, 9.17) is 9.26 Å². The van der Waals surface area contributed by atoms with E-state index < -0.39 is 5.97 Å². The van der Waals surface area contributed by atoms with Crippen LogP contribution in [0.1, 0.15) is 40.2 Å². The zero-order valence-electron chi connectivity index (χ0n) is 15.0. The van der Waals surface area contributed by atoms with Crippen LogP contribution in [0.5, 0.6) is 0 Å². The molecule has 3 rings (SSSR count). The molecule has 0 spiro atoms. The van der Waals surface area contributed by atoms with Gasteiger partial charge in [0.05, 0.1) is 22.6 Å². The number of nitrogens with zero attached hydrogens (tertiary/aromatic N) is 2. The number of esters is 1. The molecule has 7 heteroatoms. The molecule has 0 atom stereocenters. The second kappa shape index (κ2) is 8.40. The summed E-state index contributed by atoms with van der Waals surface area (Å²) >= 11 is 1.38. The van der Waals surface area contributed by atoms with Crippen LogP contribution in [0.15, 0.2) is 33.7 Å². The van der Waals surface area contributed by atoms with Crippen LogP contribution in [-0.2, 0) is 16.1 Å². The van der Waals surface area contributed by atoms with Crippen molar-refractivity contribution in [2.45, 2.75) is 38.2 Å². The van der Waals surface area contributed by atoms with Gasteiger partial charge in [0.25, 0.3) is 0 Å². The molecule has 1 saturated heterocycles. The Hall–Kier alpha value is -2.28. The molecule has 26 heavy (non-hydrogen) atoms. The first-order valence-corrected chi connectivity index (χ1v) is 9.63. The molecular weight excluding hydrogens is 352 g/mol. The molecular formula is C19H22N2O4S. The highest BCUT2D eigenvalue weighted by molar-refractivity contribution is 8.00. The number of hydrogen-bond acceptors (Lipinski definition) is 6. The summed E-state index contributed by atoms with van der Waals surface area (Å²) in [5.41, 5.74) is 1.97. The maximum atomic E-state index is 12.5. The van der Waals surface area contributed by atoms with Gasteiger partial charge in [0, 0.05) is 18.0 Å². The Morgan fingerprint density at radius 1 is 1.23 bits per heavy atom. The largest absolute Gasteiger partial charge is 0.457 e. The Morgan fingerprint density at radius 3 is 2.65 bits per heavy atom. The Morgan fingerprint density at radius 2 is 1.96 bits per heavy atom. The van der Waals surface area contributed by atoms with Crippen LogP contribution in [0, 0.1) is 13.8 Å². The number of aromatic nitrogens is 1. The van der Waals surface area contributed by atoms with Crippen LogP contribution < -0.4 is 0 Å². The predicted molar refractivity (Wildman–Crippen MR) is 98.1 cm³/mol. The normalized spacial score (nSPS) is 13.8. The van der Waals surface area contributed by atoms with Crippen LogP contribution in [0.25, 0.3) is 0 Å². The minimum atomic E-state index is -0.415. The highest BCUT2D eigenvalue weighted by Crippen LogP contribution is 2.25. The second-order valence-corrected chi connectivity index (χ2v) is 7.27. The first-order chi connectivity index (χ1) is 12.6. The van der Waals surface area contributed by atoms with E-state index in [1.165, 1.54) is 11.8 Å². The minimum absolute atomic E-state index is 0.117. The molecule has 0 aliphatic carbocycles. The maximum absolute atomic E-state index is 12.5. The first-order valence-electron chi connectivity index (χ1n) is 8.64. The molecule has 1 aromatic carbocycles. The van der Waals surface area contributed by atoms with E-state index in [-0.39, 0.29) is 12.5 Å². The Balaban J connectivity index is 1.62. The van der Waals surface area contributed by atoms with Crippen molar-refractivity contribution >= 4 is 23.6 Å². The van der Waals surface area contributed by atoms with Crippen molar-refractivity contribution in [3.63, 3.8) is 0 Å². The van der Waals surface area contributed by atoms with Gasteiger partial charge in [-0.15, -0.1) is 11.8 Å². The number of thioether (sulfide) groups is 1. The Labute approximate surface area is 156 Å². The molecule has 0 unspecified atom stereocenters. The average Bonchev–Trinajstić information content (AvgIpc) is 3.29. The van der Waals surface area contributed by atoms with Crippen molar-refractivity contribution < 1.29 is 18.8 Å². The summed E-state index contributed by atoms with van der Waals surface area (Å²) in [4.78, 5) is 27.4. The lowest BCUT2D eigenvalue weighted by atomic mass is 10.2. The van der Waals surface area contributed by atoms with Crippen molar-refractivity contribution in [2.75, 3.05) is 18.8 Å². The molecule has 1 aromatic heterocycles. The number of hydrogen-bond donors (Lipinski definition) is 0. The van der Waals surface area contributed by atoms with Gasteiger partial charge in [-0.3, -0.25) is 4.79 Å². The van der Waals surface area contributed by atoms with E-state index in [0.717, 1.165) is 36.4 Å². The van der Waals surface area contributed by atoms with E-state index in [0.29, 0.717) is 22.8 Å². The third-order valence-electron chi connectivity index (χ3n) is 4.45.